The summed E-state index contributed by atoms with van der Waals surface area (Å²) in [7, 11) is -4.62. The smallest absolute Gasteiger partial charge is 0.446 e. The number of rotatable bonds is 3. The van der Waals surface area contributed by atoms with Crippen LogP contribution in [0.15, 0.2) is 48.5 Å². The monoisotopic (exact) mass is 320 g/mol. The molecule has 1 aliphatic heterocycles. The van der Waals surface area contributed by atoms with Crippen molar-refractivity contribution in [1.29, 1.82) is 0 Å². The van der Waals surface area contributed by atoms with Crippen LogP contribution < -0.4 is 8.92 Å². The van der Waals surface area contributed by atoms with Gasteiger partial charge in [-0.05, 0) is 17.7 Å². The van der Waals surface area contributed by atoms with E-state index in [-0.39, 0.29) is 23.7 Å². The van der Waals surface area contributed by atoms with Crippen LogP contribution in [0.4, 0.5) is 0 Å². The molecule has 0 aromatic heterocycles. The van der Waals surface area contributed by atoms with Gasteiger partial charge in [-0.25, -0.2) is 0 Å². The first kappa shape index (κ1) is 14.6. The van der Waals surface area contributed by atoms with E-state index in [0.717, 1.165) is 5.56 Å². The maximum Gasteiger partial charge on any atom is 0.446 e. The number of ketones is 1. The van der Waals surface area contributed by atoms with Crippen LogP contribution in [0.2, 0.25) is 0 Å². The Morgan fingerprint density at radius 3 is 2.55 bits per heavy atom. The molecule has 0 aliphatic carbocycles. The van der Waals surface area contributed by atoms with Crippen molar-refractivity contribution in [2.75, 3.05) is 0 Å². The molecule has 0 spiro atoms. The molecule has 3 rings (SSSR count). The van der Waals surface area contributed by atoms with Crippen molar-refractivity contribution in [1.82, 2.24) is 0 Å². The van der Waals surface area contributed by atoms with E-state index in [1.807, 2.05) is 30.3 Å². The Balaban J connectivity index is 1.94. The van der Waals surface area contributed by atoms with Crippen LogP contribution in [-0.2, 0) is 10.4 Å². The van der Waals surface area contributed by atoms with Crippen molar-refractivity contribution in [3.63, 3.8) is 0 Å². The molecule has 22 heavy (non-hydrogen) atoms. The minimum Gasteiger partial charge on any atom is -0.484 e. The van der Waals surface area contributed by atoms with Crippen LogP contribution in [0, 0.1) is 0 Å². The van der Waals surface area contributed by atoms with Crippen LogP contribution >= 0.6 is 0 Å². The summed E-state index contributed by atoms with van der Waals surface area (Å²) < 4.78 is 40.3. The number of fused-ring (bicyclic) bond motifs is 1. The zero-order valence-corrected chi connectivity index (χ0v) is 12.1. The average molecular weight is 320 g/mol. The molecule has 0 saturated carbocycles. The van der Waals surface area contributed by atoms with Gasteiger partial charge in [-0.15, -0.1) is 0 Å². The largest absolute Gasteiger partial charge is 0.484 e. The van der Waals surface area contributed by atoms with Crippen molar-refractivity contribution in [3.8, 4) is 11.5 Å². The van der Waals surface area contributed by atoms with E-state index in [0.29, 0.717) is 5.56 Å². The summed E-state index contributed by atoms with van der Waals surface area (Å²) in [5.74, 6) is 0.00234. The van der Waals surface area contributed by atoms with Gasteiger partial charge in [0.05, 0.1) is 12.0 Å². The molecule has 114 valence electrons. The number of hydrogen-bond donors (Lipinski definition) is 1. The van der Waals surface area contributed by atoms with Crippen LogP contribution in [-0.4, -0.2) is 18.8 Å². The van der Waals surface area contributed by atoms with Gasteiger partial charge in [-0.1, -0.05) is 30.3 Å². The number of ether oxygens (including phenoxy) is 1. The van der Waals surface area contributed by atoms with Gasteiger partial charge in [-0.3, -0.25) is 9.35 Å². The summed E-state index contributed by atoms with van der Waals surface area (Å²) in [6.07, 6.45) is -0.239. The molecule has 2 aromatic rings. The molecule has 0 fully saturated rings. The quantitative estimate of drug-likeness (QED) is 0.874. The molecule has 1 N–H and O–H groups in total. The van der Waals surface area contributed by atoms with Crippen molar-refractivity contribution in [2.24, 2.45) is 0 Å². The van der Waals surface area contributed by atoms with Crippen molar-refractivity contribution in [2.45, 2.75) is 12.5 Å². The number of carbonyl (C=O) groups is 1. The molecule has 0 bridgehead atoms. The van der Waals surface area contributed by atoms with Gasteiger partial charge in [0.15, 0.2) is 5.78 Å². The maximum absolute atomic E-state index is 12.2. The lowest BCUT2D eigenvalue weighted by Crippen LogP contribution is -2.20. The molecule has 7 heteroatoms. The predicted molar refractivity (Wildman–Crippen MR) is 77.4 cm³/mol. The summed E-state index contributed by atoms with van der Waals surface area (Å²) in [6, 6.07) is 13.2. The van der Waals surface area contributed by atoms with Gasteiger partial charge in [0, 0.05) is 6.07 Å². The van der Waals surface area contributed by atoms with Crippen molar-refractivity contribution >= 4 is 16.2 Å². The summed E-state index contributed by atoms with van der Waals surface area (Å²) in [5.41, 5.74) is 1.21. The van der Waals surface area contributed by atoms with Gasteiger partial charge in [-0.2, -0.15) is 8.42 Å². The highest BCUT2D eigenvalue weighted by molar-refractivity contribution is 7.81. The molecule has 1 atom stereocenters. The normalized spacial score (nSPS) is 17.5. The Bertz CT molecular complexity index is 813. The topological polar surface area (TPSA) is 89.9 Å². The average Bonchev–Trinajstić information content (AvgIpc) is 2.46. The van der Waals surface area contributed by atoms with E-state index >= 15 is 0 Å². The zero-order chi connectivity index (χ0) is 15.7. The van der Waals surface area contributed by atoms with Crippen LogP contribution in [0.5, 0.6) is 11.5 Å². The fourth-order valence-electron chi connectivity index (χ4n) is 2.33. The Hall–Kier alpha value is -2.38. The SMILES string of the molecule is O=C1CC(c2ccccc2)Oc2cc(OS(=O)(=O)O)ccc21. The molecule has 6 nitrogen and oxygen atoms in total. The van der Waals surface area contributed by atoms with E-state index in [1.165, 1.54) is 18.2 Å². The fourth-order valence-corrected chi connectivity index (χ4v) is 2.68. The zero-order valence-electron chi connectivity index (χ0n) is 11.3. The number of Topliss-reactive ketones (excluding diaryl/α,β-unsaturated/α-hetero) is 1. The molecular weight excluding hydrogens is 308 g/mol. The lowest BCUT2D eigenvalue weighted by molar-refractivity contribution is 0.0850. The Labute approximate surface area is 127 Å². The molecule has 0 saturated heterocycles. The highest BCUT2D eigenvalue weighted by Gasteiger charge is 2.28. The van der Waals surface area contributed by atoms with E-state index in [2.05, 4.69) is 4.18 Å². The summed E-state index contributed by atoms with van der Waals surface area (Å²) >= 11 is 0. The Morgan fingerprint density at radius 1 is 1.14 bits per heavy atom. The van der Waals surface area contributed by atoms with E-state index in [9.17, 15) is 13.2 Å². The number of carbonyl (C=O) groups excluding carboxylic acids is 1. The Kier molecular flexibility index (Phi) is 3.59. The molecule has 1 heterocycles. The van der Waals surface area contributed by atoms with Crippen molar-refractivity contribution in [3.05, 3.63) is 59.7 Å². The third-order valence-electron chi connectivity index (χ3n) is 3.27. The van der Waals surface area contributed by atoms with Gasteiger partial charge in [0.1, 0.15) is 17.6 Å². The van der Waals surface area contributed by atoms with E-state index < -0.39 is 16.5 Å². The van der Waals surface area contributed by atoms with Gasteiger partial charge in [0.25, 0.3) is 0 Å². The molecular formula is C15H12O6S. The van der Waals surface area contributed by atoms with E-state index in [4.69, 9.17) is 9.29 Å². The van der Waals surface area contributed by atoms with Gasteiger partial charge >= 0.3 is 10.4 Å². The van der Waals surface area contributed by atoms with Gasteiger partial charge < -0.3 is 8.92 Å². The Morgan fingerprint density at radius 2 is 1.86 bits per heavy atom. The van der Waals surface area contributed by atoms with Crippen LogP contribution in [0.25, 0.3) is 0 Å². The minimum atomic E-state index is -4.62. The first-order valence-electron chi connectivity index (χ1n) is 6.48. The summed E-state index contributed by atoms with van der Waals surface area (Å²) in [6.45, 7) is 0. The lowest BCUT2D eigenvalue weighted by Gasteiger charge is -2.25. The first-order valence-corrected chi connectivity index (χ1v) is 7.84. The fraction of sp³-hybridized carbons (Fsp3) is 0.133. The molecule has 0 amide bonds. The second-order valence-electron chi connectivity index (χ2n) is 4.81. The predicted octanol–water partition coefficient (Wildman–Crippen LogP) is 2.57. The molecule has 2 aromatic carbocycles. The second kappa shape index (κ2) is 5.43. The van der Waals surface area contributed by atoms with Crippen molar-refractivity contribution < 1.29 is 26.7 Å². The minimum absolute atomic E-state index is 0.103. The number of hydrogen-bond acceptors (Lipinski definition) is 5. The first-order chi connectivity index (χ1) is 10.4. The molecule has 0 radical (unpaired) electrons. The molecule has 1 unspecified atom stereocenters. The standard InChI is InChI=1S/C15H12O6S/c16-13-9-14(10-4-2-1-3-5-10)20-15-8-11(6-7-12(13)15)21-22(17,18)19/h1-8,14H,9H2,(H,17,18,19). The third-order valence-corrected chi connectivity index (χ3v) is 3.67. The highest BCUT2D eigenvalue weighted by Crippen LogP contribution is 2.37. The number of benzene rings is 2. The molecule has 1 aliphatic rings. The summed E-state index contributed by atoms with van der Waals surface area (Å²) in [5, 5.41) is 0. The second-order valence-corrected chi connectivity index (χ2v) is 5.84. The lowest BCUT2D eigenvalue weighted by atomic mass is 9.96. The van der Waals surface area contributed by atoms with Crippen LogP contribution in [0.1, 0.15) is 28.4 Å². The highest BCUT2D eigenvalue weighted by atomic mass is 32.3. The van der Waals surface area contributed by atoms with E-state index in [1.54, 1.807) is 0 Å². The maximum atomic E-state index is 12.2. The van der Waals surface area contributed by atoms with Crippen LogP contribution in [0.3, 0.4) is 0 Å². The van der Waals surface area contributed by atoms with Gasteiger partial charge in [0.2, 0.25) is 0 Å². The summed E-state index contributed by atoms with van der Waals surface area (Å²) in [4.78, 5) is 12.2. The third kappa shape index (κ3) is 3.10.